The summed E-state index contributed by atoms with van der Waals surface area (Å²) in [5.41, 5.74) is 1.22. The highest BCUT2D eigenvalue weighted by atomic mass is 16.5. The van der Waals surface area contributed by atoms with Crippen LogP contribution < -0.4 is 11.2 Å². The molecule has 0 aliphatic rings. The zero-order chi connectivity index (χ0) is 24.4. The van der Waals surface area contributed by atoms with Crippen molar-refractivity contribution in [2.24, 2.45) is 4.99 Å². The van der Waals surface area contributed by atoms with Crippen molar-refractivity contribution in [3.05, 3.63) is 92.3 Å². The second kappa shape index (κ2) is 9.22. The van der Waals surface area contributed by atoms with E-state index in [0.717, 1.165) is 26.6 Å². The summed E-state index contributed by atoms with van der Waals surface area (Å²) in [4.78, 5) is 47.6. The van der Waals surface area contributed by atoms with E-state index in [-0.39, 0.29) is 17.7 Å². The summed E-state index contributed by atoms with van der Waals surface area (Å²) in [6.45, 7) is 3.28. The zero-order valence-electron chi connectivity index (χ0n) is 19.0. The molecule has 2 heterocycles. The van der Waals surface area contributed by atoms with E-state index in [4.69, 9.17) is 4.74 Å². The molecular formula is C25H24N4O5. The number of esters is 1. The van der Waals surface area contributed by atoms with Crippen LogP contribution in [0.1, 0.15) is 23.6 Å². The molecule has 4 rings (SSSR count). The molecule has 0 aliphatic carbocycles. The number of nitrogens with zero attached hydrogens (tertiary/aromatic N) is 2. The summed E-state index contributed by atoms with van der Waals surface area (Å²) in [5.74, 6) is -1.15. The van der Waals surface area contributed by atoms with Gasteiger partial charge in [0.25, 0.3) is 5.56 Å². The number of nitrogens with one attached hydrogen (secondary N) is 2. The molecule has 174 valence electrons. The number of aromatic hydroxyl groups is 1. The van der Waals surface area contributed by atoms with E-state index >= 15 is 0 Å². The lowest BCUT2D eigenvalue weighted by Crippen LogP contribution is -2.34. The molecule has 3 N–H and O–H groups in total. The predicted molar refractivity (Wildman–Crippen MR) is 129 cm³/mol. The zero-order valence-corrected chi connectivity index (χ0v) is 19.0. The average Bonchev–Trinajstić information content (AvgIpc) is 3.22. The van der Waals surface area contributed by atoms with Crippen LogP contribution in [0.4, 0.5) is 0 Å². The Morgan fingerprint density at radius 1 is 1.15 bits per heavy atom. The third-order valence-corrected chi connectivity index (χ3v) is 5.72. The number of ether oxygens (including phenoxy) is 1. The van der Waals surface area contributed by atoms with E-state index in [0.29, 0.717) is 5.69 Å². The number of rotatable bonds is 6. The van der Waals surface area contributed by atoms with E-state index in [1.807, 2.05) is 24.3 Å². The van der Waals surface area contributed by atoms with Crippen LogP contribution in [-0.2, 0) is 16.0 Å². The molecule has 2 aromatic heterocycles. The highest BCUT2D eigenvalue weighted by Crippen LogP contribution is 2.22. The number of aryl methyl sites for hydroxylation is 1. The van der Waals surface area contributed by atoms with Gasteiger partial charge in [-0.25, -0.2) is 14.2 Å². The summed E-state index contributed by atoms with van der Waals surface area (Å²) < 4.78 is 5.95. The number of benzene rings is 2. The molecule has 0 aliphatic heterocycles. The van der Waals surface area contributed by atoms with Crippen LogP contribution in [0.5, 0.6) is 5.88 Å². The minimum Gasteiger partial charge on any atom is -0.493 e. The van der Waals surface area contributed by atoms with Crippen molar-refractivity contribution in [2.45, 2.75) is 26.3 Å². The van der Waals surface area contributed by atoms with Crippen molar-refractivity contribution in [3.8, 4) is 11.6 Å². The SMILES string of the molecule is COC(=O)[C@@H](Cc1c[nH]c2ccccc12)N=C(C)c1c(O)n(-c2ccccc2C)c(=O)[nH]c1=O. The van der Waals surface area contributed by atoms with E-state index in [1.165, 1.54) is 14.0 Å². The lowest BCUT2D eigenvalue weighted by Gasteiger charge is -2.15. The monoisotopic (exact) mass is 460 g/mol. The van der Waals surface area contributed by atoms with Gasteiger partial charge in [0.05, 0.1) is 18.5 Å². The van der Waals surface area contributed by atoms with Crippen LogP contribution in [0.15, 0.2) is 69.3 Å². The number of aromatic amines is 2. The van der Waals surface area contributed by atoms with Crippen molar-refractivity contribution in [3.63, 3.8) is 0 Å². The van der Waals surface area contributed by atoms with Gasteiger partial charge in [-0.2, -0.15) is 0 Å². The van der Waals surface area contributed by atoms with Gasteiger partial charge in [0.2, 0.25) is 5.88 Å². The van der Waals surface area contributed by atoms with Crippen molar-refractivity contribution in [1.82, 2.24) is 14.5 Å². The second-order valence-corrected chi connectivity index (χ2v) is 7.90. The first kappa shape index (κ1) is 22.8. The molecule has 0 saturated carbocycles. The summed E-state index contributed by atoms with van der Waals surface area (Å²) in [5, 5.41) is 11.9. The van der Waals surface area contributed by atoms with E-state index in [1.54, 1.807) is 37.4 Å². The van der Waals surface area contributed by atoms with Crippen molar-refractivity contribution < 1.29 is 14.6 Å². The Hall–Kier alpha value is -4.40. The standard InChI is InChI=1S/C25H24N4O5/c1-14-8-4-7-11-20(14)29-23(31)21(22(30)28-25(29)33)15(2)27-19(24(32)34-3)12-16-13-26-18-10-6-5-9-17(16)18/h4-11,13,19,26,31H,12H2,1-3H3,(H,28,30,33)/t19-/m1/s1. The van der Waals surface area contributed by atoms with Gasteiger partial charge in [-0.1, -0.05) is 36.4 Å². The Bertz CT molecular complexity index is 1530. The molecule has 0 amide bonds. The fourth-order valence-electron chi connectivity index (χ4n) is 4.01. The Morgan fingerprint density at radius 3 is 2.59 bits per heavy atom. The molecule has 0 radical (unpaired) electrons. The second-order valence-electron chi connectivity index (χ2n) is 7.90. The molecule has 0 bridgehead atoms. The number of carbonyl (C=O) groups is 1. The molecule has 0 spiro atoms. The minimum absolute atomic E-state index is 0.0938. The summed E-state index contributed by atoms with van der Waals surface area (Å²) in [6, 6.07) is 13.6. The van der Waals surface area contributed by atoms with Gasteiger partial charge in [-0.3, -0.25) is 14.8 Å². The maximum Gasteiger partial charge on any atom is 0.335 e. The number of carbonyl (C=O) groups excluding carboxylic acids is 1. The lowest BCUT2D eigenvalue weighted by molar-refractivity contribution is -0.142. The number of methoxy groups -OCH3 is 1. The van der Waals surface area contributed by atoms with Crippen LogP contribution in [-0.4, -0.2) is 44.5 Å². The maximum atomic E-state index is 12.7. The molecule has 0 saturated heterocycles. The Labute approximate surface area is 194 Å². The lowest BCUT2D eigenvalue weighted by atomic mass is 10.0. The van der Waals surface area contributed by atoms with Gasteiger partial charge < -0.3 is 14.8 Å². The number of para-hydroxylation sites is 2. The van der Waals surface area contributed by atoms with Gasteiger partial charge in [0.1, 0.15) is 5.56 Å². The molecule has 9 nitrogen and oxygen atoms in total. The van der Waals surface area contributed by atoms with Crippen molar-refractivity contribution >= 4 is 22.6 Å². The van der Waals surface area contributed by atoms with Gasteiger partial charge in [0, 0.05) is 23.5 Å². The van der Waals surface area contributed by atoms with Crippen molar-refractivity contribution in [2.75, 3.05) is 7.11 Å². The quantitative estimate of drug-likeness (QED) is 0.301. The molecule has 34 heavy (non-hydrogen) atoms. The Kier molecular flexibility index (Phi) is 6.18. The Balaban J connectivity index is 1.81. The van der Waals surface area contributed by atoms with Gasteiger partial charge in [-0.15, -0.1) is 0 Å². The van der Waals surface area contributed by atoms with Crippen LogP contribution in [0.25, 0.3) is 16.6 Å². The minimum atomic E-state index is -0.971. The molecule has 0 unspecified atom stereocenters. The van der Waals surface area contributed by atoms with Crippen LogP contribution in [0.2, 0.25) is 0 Å². The van der Waals surface area contributed by atoms with Crippen LogP contribution in [0, 0.1) is 6.92 Å². The smallest absolute Gasteiger partial charge is 0.335 e. The number of H-pyrrole nitrogens is 2. The first-order chi connectivity index (χ1) is 16.3. The van der Waals surface area contributed by atoms with Crippen LogP contribution in [0.3, 0.4) is 0 Å². The van der Waals surface area contributed by atoms with E-state index in [2.05, 4.69) is 15.0 Å². The summed E-state index contributed by atoms with van der Waals surface area (Å²) in [6.07, 6.45) is 2.01. The average molecular weight is 460 g/mol. The molecule has 9 heteroatoms. The Morgan fingerprint density at radius 2 is 1.85 bits per heavy atom. The third kappa shape index (κ3) is 4.15. The summed E-state index contributed by atoms with van der Waals surface area (Å²) in [7, 11) is 1.26. The molecule has 1 atom stereocenters. The van der Waals surface area contributed by atoms with Gasteiger partial charge in [0.15, 0.2) is 6.04 Å². The maximum absolute atomic E-state index is 12.7. The number of aliphatic imine (C=N–C) groups is 1. The first-order valence-electron chi connectivity index (χ1n) is 10.6. The fraction of sp³-hybridized carbons (Fsp3) is 0.200. The molecule has 2 aromatic carbocycles. The van der Waals surface area contributed by atoms with Gasteiger partial charge in [-0.05, 0) is 37.1 Å². The van der Waals surface area contributed by atoms with E-state index in [9.17, 15) is 19.5 Å². The summed E-state index contributed by atoms with van der Waals surface area (Å²) >= 11 is 0. The first-order valence-corrected chi connectivity index (χ1v) is 10.6. The molecule has 0 fully saturated rings. The number of hydrogen-bond donors (Lipinski definition) is 3. The number of aromatic nitrogens is 3. The normalized spacial score (nSPS) is 12.6. The molecular weight excluding hydrogens is 436 g/mol. The fourth-order valence-corrected chi connectivity index (χ4v) is 4.01. The number of fused-ring (bicyclic) bond motifs is 1. The predicted octanol–water partition coefficient (Wildman–Crippen LogP) is 2.61. The van der Waals surface area contributed by atoms with Gasteiger partial charge >= 0.3 is 11.7 Å². The molecule has 4 aromatic rings. The van der Waals surface area contributed by atoms with Crippen LogP contribution >= 0.6 is 0 Å². The topological polar surface area (TPSA) is 130 Å². The third-order valence-electron chi connectivity index (χ3n) is 5.72. The largest absolute Gasteiger partial charge is 0.493 e. The highest BCUT2D eigenvalue weighted by molar-refractivity contribution is 6.01. The highest BCUT2D eigenvalue weighted by Gasteiger charge is 2.24. The number of hydrogen-bond acceptors (Lipinski definition) is 6. The van der Waals surface area contributed by atoms with E-state index < -0.39 is 29.1 Å². The van der Waals surface area contributed by atoms with Crippen molar-refractivity contribution in [1.29, 1.82) is 0 Å².